The molecule has 5 rings (SSSR count). The van der Waals surface area contributed by atoms with Gasteiger partial charge in [0.25, 0.3) is 11.8 Å². The molecule has 1 saturated heterocycles. The van der Waals surface area contributed by atoms with Crippen LogP contribution in [-0.4, -0.2) is 59.3 Å². The molecule has 3 aliphatic heterocycles. The predicted octanol–water partition coefficient (Wildman–Crippen LogP) is 4.06. The summed E-state index contributed by atoms with van der Waals surface area (Å²) in [5.74, 6) is -0.00904. The number of likely N-dealkylation sites (tertiary alicyclic amines) is 1. The van der Waals surface area contributed by atoms with Crippen molar-refractivity contribution in [3.05, 3.63) is 50.8 Å². The number of hydrogen-bond donors (Lipinski definition) is 2. The number of piperidine rings is 1. The van der Waals surface area contributed by atoms with Crippen LogP contribution in [0.3, 0.4) is 0 Å². The third-order valence-corrected chi connectivity index (χ3v) is 7.18. The van der Waals surface area contributed by atoms with E-state index in [1.54, 1.807) is 0 Å². The molecule has 0 unspecified atom stereocenters. The summed E-state index contributed by atoms with van der Waals surface area (Å²) >= 11 is 3.49. The van der Waals surface area contributed by atoms with Crippen molar-refractivity contribution in [2.75, 3.05) is 38.0 Å². The fourth-order valence-electron chi connectivity index (χ4n) is 4.91. The van der Waals surface area contributed by atoms with Gasteiger partial charge >= 0.3 is 0 Å². The minimum absolute atomic E-state index is 0.107. The molecule has 0 aliphatic carbocycles. The van der Waals surface area contributed by atoms with Gasteiger partial charge in [-0.15, -0.1) is 0 Å². The van der Waals surface area contributed by atoms with Gasteiger partial charge in [0.2, 0.25) is 0 Å². The predicted molar refractivity (Wildman–Crippen MR) is 126 cm³/mol. The number of aromatic nitrogens is 1. The van der Waals surface area contributed by atoms with Crippen molar-refractivity contribution in [3.63, 3.8) is 0 Å². The third kappa shape index (κ3) is 3.85. The van der Waals surface area contributed by atoms with Crippen molar-refractivity contribution in [3.8, 4) is 0 Å². The second-order valence-electron chi connectivity index (χ2n) is 8.66. The molecule has 7 heteroatoms. The standard InChI is InChI=1S/C24H27BrN4O2/c1-15-21(14-18-17-13-16(25)5-6-19(17)27-23(18)30)26-20-7-10-29(24(31)22(15)20)12-11-28-8-3-2-4-9-28/h5-6,13-14,26H,2-4,7-12H2,1H3,(H,27,30). The highest BCUT2D eigenvalue weighted by Crippen LogP contribution is 2.36. The van der Waals surface area contributed by atoms with Gasteiger partial charge in [0.15, 0.2) is 0 Å². The van der Waals surface area contributed by atoms with Gasteiger partial charge < -0.3 is 20.1 Å². The number of amides is 2. The van der Waals surface area contributed by atoms with Crippen LogP contribution in [0.1, 0.15) is 52.1 Å². The maximum absolute atomic E-state index is 13.2. The third-order valence-electron chi connectivity index (χ3n) is 6.69. The molecule has 0 atom stereocenters. The lowest BCUT2D eigenvalue weighted by Crippen LogP contribution is -2.43. The van der Waals surface area contributed by atoms with Gasteiger partial charge in [0, 0.05) is 53.2 Å². The topological polar surface area (TPSA) is 68.4 Å². The van der Waals surface area contributed by atoms with Gasteiger partial charge in [0.05, 0.1) is 11.1 Å². The minimum Gasteiger partial charge on any atom is -0.358 e. The molecule has 6 nitrogen and oxygen atoms in total. The van der Waals surface area contributed by atoms with Crippen LogP contribution in [0.5, 0.6) is 0 Å². The number of fused-ring (bicyclic) bond motifs is 2. The smallest absolute Gasteiger partial charge is 0.256 e. The molecule has 0 bridgehead atoms. The first kappa shape index (κ1) is 20.5. The monoisotopic (exact) mass is 482 g/mol. The maximum Gasteiger partial charge on any atom is 0.256 e. The lowest BCUT2D eigenvalue weighted by molar-refractivity contribution is -0.110. The highest BCUT2D eigenvalue weighted by atomic mass is 79.9. The highest BCUT2D eigenvalue weighted by molar-refractivity contribution is 9.10. The Balaban J connectivity index is 1.39. The Hall–Kier alpha value is -2.38. The normalized spacial score (nSPS) is 20.2. The summed E-state index contributed by atoms with van der Waals surface area (Å²) < 4.78 is 0.927. The van der Waals surface area contributed by atoms with E-state index in [0.29, 0.717) is 5.57 Å². The fraction of sp³-hybridized carbons (Fsp3) is 0.417. The summed E-state index contributed by atoms with van der Waals surface area (Å²) in [4.78, 5) is 33.7. The zero-order valence-electron chi connectivity index (χ0n) is 17.8. The van der Waals surface area contributed by atoms with E-state index in [-0.39, 0.29) is 11.8 Å². The molecule has 0 radical (unpaired) electrons. The van der Waals surface area contributed by atoms with E-state index in [2.05, 4.69) is 31.1 Å². The average Bonchev–Trinajstić information content (AvgIpc) is 3.25. The number of anilines is 1. The first-order chi connectivity index (χ1) is 15.0. The Morgan fingerprint density at radius 3 is 2.71 bits per heavy atom. The second-order valence-corrected chi connectivity index (χ2v) is 9.58. The number of halogens is 1. The molecule has 0 saturated carbocycles. The van der Waals surface area contributed by atoms with Crippen LogP contribution in [0, 0.1) is 6.92 Å². The van der Waals surface area contributed by atoms with Crippen LogP contribution < -0.4 is 5.32 Å². The molecule has 2 N–H and O–H groups in total. The molecule has 2 aromatic rings. The fourth-order valence-corrected chi connectivity index (χ4v) is 5.28. The van der Waals surface area contributed by atoms with Crippen molar-refractivity contribution in [1.29, 1.82) is 0 Å². The first-order valence-corrected chi connectivity index (χ1v) is 11.9. The van der Waals surface area contributed by atoms with Gasteiger partial charge in [-0.2, -0.15) is 0 Å². The van der Waals surface area contributed by atoms with E-state index >= 15 is 0 Å². The van der Waals surface area contributed by atoms with Crippen LogP contribution in [0.15, 0.2) is 22.7 Å². The van der Waals surface area contributed by atoms with Crippen molar-refractivity contribution in [2.24, 2.45) is 0 Å². The lowest BCUT2D eigenvalue weighted by atomic mass is 10.0. The maximum atomic E-state index is 13.2. The van der Waals surface area contributed by atoms with E-state index in [4.69, 9.17) is 0 Å². The molecule has 0 spiro atoms. The zero-order chi connectivity index (χ0) is 21.5. The quantitative estimate of drug-likeness (QED) is 0.645. The molecule has 1 aromatic carbocycles. The van der Waals surface area contributed by atoms with Crippen molar-refractivity contribution >= 4 is 45.1 Å². The highest BCUT2D eigenvalue weighted by Gasteiger charge is 2.30. The Bertz CT molecular complexity index is 1080. The molecular weight excluding hydrogens is 456 g/mol. The van der Waals surface area contributed by atoms with Crippen LogP contribution in [0.25, 0.3) is 11.6 Å². The van der Waals surface area contributed by atoms with Crippen LogP contribution in [0.4, 0.5) is 5.69 Å². The number of rotatable bonds is 4. The number of hydrogen-bond acceptors (Lipinski definition) is 3. The largest absolute Gasteiger partial charge is 0.358 e. The van der Waals surface area contributed by atoms with Crippen LogP contribution in [-0.2, 0) is 11.2 Å². The molecular formula is C24H27BrN4O2. The van der Waals surface area contributed by atoms with Crippen molar-refractivity contribution in [2.45, 2.75) is 32.6 Å². The number of benzene rings is 1. The SMILES string of the molecule is Cc1c(C=C2C(=O)Nc3ccc(Br)cc32)[nH]c2c1C(=O)N(CCN1CCCCC1)CC2. The van der Waals surface area contributed by atoms with Crippen molar-refractivity contribution in [1.82, 2.24) is 14.8 Å². The number of carbonyl (C=O) groups is 2. The van der Waals surface area contributed by atoms with Gasteiger partial charge in [-0.25, -0.2) is 0 Å². The lowest BCUT2D eigenvalue weighted by Gasteiger charge is -2.32. The summed E-state index contributed by atoms with van der Waals surface area (Å²) in [6.45, 7) is 6.74. The molecule has 1 aromatic heterocycles. The van der Waals surface area contributed by atoms with Crippen molar-refractivity contribution < 1.29 is 9.59 Å². The summed E-state index contributed by atoms with van der Waals surface area (Å²) in [5.41, 5.74) is 5.84. The summed E-state index contributed by atoms with van der Waals surface area (Å²) in [6, 6.07) is 5.76. The molecule has 1 fully saturated rings. The molecule has 4 heterocycles. The van der Waals surface area contributed by atoms with E-state index in [1.165, 1.54) is 19.3 Å². The number of nitrogens with zero attached hydrogens (tertiary/aromatic N) is 2. The van der Waals surface area contributed by atoms with E-state index in [0.717, 1.165) is 77.4 Å². The number of carbonyl (C=O) groups excluding carboxylic acids is 2. The zero-order valence-corrected chi connectivity index (χ0v) is 19.3. The van der Waals surface area contributed by atoms with Crippen LogP contribution in [0.2, 0.25) is 0 Å². The molecule has 2 amide bonds. The van der Waals surface area contributed by atoms with Crippen LogP contribution >= 0.6 is 15.9 Å². The first-order valence-electron chi connectivity index (χ1n) is 11.1. The van der Waals surface area contributed by atoms with Gasteiger partial charge in [-0.1, -0.05) is 22.4 Å². The second kappa shape index (κ2) is 8.28. The summed E-state index contributed by atoms with van der Waals surface area (Å²) in [7, 11) is 0. The Morgan fingerprint density at radius 2 is 1.90 bits per heavy atom. The number of H-pyrrole nitrogens is 1. The molecule has 3 aliphatic rings. The summed E-state index contributed by atoms with van der Waals surface area (Å²) in [6.07, 6.45) is 6.55. The van der Waals surface area contributed by atoms with Gasteiger partial charge in [0.1, 0.15) is 0 Å². The molecule has 31 heavy (non-hydrogen) atoms. The number of aromatic amines is 1. The summed E-state index contributed by atoms with van der Waals surface area (Å²) in [5, 5.41) is 2.92. The van der Waals surface area contributed by atoms with E-state index < -0.39 is 0 Å². The van der Waals surface area contributed by atoms with E-state index in [1.807, 2.05) is 36.1 Å². The van der Waals surface area contributed by atoms with E-state index in [9.17, 15) is 9.59 Å². The Kier molecular flexibility index (Phi) is 5.48. The average molecular weight is 483 g/mol. The number of nitrogens with one attached hydrogen (secondary N) is 2. The Morgan fingerprint density at radius 1 is 1.10 bits per heavy atom. The molecule has 162 valence electrons. The Labute approximate surface area is 190 Å². The van der Waals surface area contributed by atoms with Gasteiger partial charge in [-0.05, 0) is 62.7 Å². The van der Waals surface area contributed by atoms with Gasteiger partial charge in [-0.3, -0.25) is 9.59 Å². The minimum atomic E-state index is -0.116.